The summed E-state index contributed by atoms with van der Waals surface area (Å²) in [6, 6.07) is 5.35. The standard InChI is InChI=1S/C90H128N24O17S/c1-12-14-32-69-81(124)103-61(31-23-35-96-89(93)94)78(121)107-68(77(120)99-46-73(92)116)48-132-49-75(118)102-65(38-53-25-17-16-18-26-53)84(127)111(9)52(5)76(119)105-67(42-72(91)115)86(129)114-36-24-34-70(114)82(125)104-63(41-56-45-95-50-100-56)79(122)106-64(37-51(3)4)83(126)110(8)47-74(117)101-62(39-54-43-97-59-29-21-19-27-57(54)59)80(123)109-90(6,7)88(131)108-66(40-55-44-98-60-30-22-20-28-58(55)60)85(128)113(11)71(33-15-13-2)87(130)112(69)10/h16-22,25-30,43-45,50-52,61-71,97-98H,12-15,23-24,31-42,46-49H2,1-11H3,(H2,91,115)(H2,92,116)(H,95,100)(H,99,120)(H,101,117)(H,102,118)(H,103,124)(H,104,125)(H,105,119)(H,106,122)(H,107,121)(H,108,131)(H,109,123)(H4,93,94,96)/t52-,61-,62-,63-,64-,65-,66-,67-,68-,69-,70-,71-/m0/s1. The van der Waals surface area contributed by atoms with Crippen LogP contribution >= 0.6 is 11.8 Å². The molecule has 0 spiro atoms. The number of H-pyrrole nitrogens is 3. The number of fused-ring (bicyclic) bond motifs is 3. The number of unbranched alkanes of at least 4 members (excludes halogenated alkanes) is 2. The molecule has 0 bridgehead atoms. The molecule has 0 aliphatic carbocycles. The topological polar surface area (TPSA) is 601 Å². The molecule has 716 valence electrons. The third kappa shape index (κ3) is 29.8. The first-order valence-corrected chi connectivity index (χ1v) is 45.6. The number of likely N-dealkylation sites (N-methyl/N-ethyl adjacent to an activating group) is 4. The van der Waals surface area contributed by atoms with E-state index in [4.69, 9.17) is 22.6 Å². The lowest BCUT2D eigenvalue weighted by molar-refractivity contribution is -0.149. The van der Waals surface area contributed by atoms with Gasteiger partial charge >= 0.3 is 0 Å². The molecular formula is C90H128N24O17S. The van der Waals surface area contributed by atoms with Crippen LogP contribution in [0.1, 0.15) is 148 Å². The van der Waals surface area contributed by atoms with E-state index in [0.717, 1.165) is 26.5 Å². The van der Waals surface area contributed by atoms with E-state index >= 15 is 24.0 Å². The second-order valence-corrected chi connectivity index (χ2v) is 35.5. The Morgan fingerprint density at radius 1 is 0.553 bits per heavy atom. The van der Waals surface area contributed by atoms with Gasteiger partial charge in [-0.05, 0) is 100 Å². The number of hydrogen-bond acceptors (Lipinski definition) is 20. The number of amides is 17. The number of benzene rings is 3. The monoisotopic (exact) mass is 1850 g/mol. The van der Waals surface area contributed by atoms with Crippen LogP contribution in [0.2, 0.25) is 0 Å². The van der Waals surface area contributed by atoms with Crippen LogP contribution in [0.15, 0.2) is 104 Å². The summed E-state index contributed by atoms with van der Waals surface area (Å²) in [5.74, 6) is -16.4. The average molecular weight is 1850 g/mol. The highest BCUT2D eigenvalue weighted by atomic mass is 32.2. The molecule has 0 saturated carbocycles. The number of rotatable bonds is 25. The molecule has 5 heterocycles. The predicted molar refractivity (Wildman–Crippen MR) is 493 cm³/mol. The lowest BCUT2D eigenvalue weighted by Gasteiger charge is -2.37. The molecule has 17 amide bonds. The van der Waals surface area contributed by atoms with E-state index in [1.54, 1.807) is 86.9 Å². The summed E-state index contributed by atoms with van der Waals surface area (Å²) in [7, 11) is 5.35. The van der Waals surface area contributed by atoms with Crippen molar-refractivity contribution < 1.29 is 81.5 Å². The van der Waals surface area contributed by atoms with Gasteiger partial charge in [0.2, 0.25) is 100 Å². The molecule has 0 radical (unpaired) electrons. The van der Waals surface area contributed by atoms with E-state index in [0.29, 0.717) is 69.9 Å². The molecule has 2 aliphatic heterocycles. The zero-order chi connectivity index (χ0) is 96.8. The third-order valence-electron chi connectivity index (χ3n) is 23.3. The molecule has 3 aromatic heterocycles. The summed E-state index contributed by atoms with van der Waals surface area (Å²) in [4.78, 5) is 268. The number of guanidine groups is 1. The minimum absolute atomic E-state index is 0.00475. The SMILES string of the molecule is CCCC[C@H]1C(=O)N(C)[C@@H](CCCC)C(=O)N[C@@H](CCCNC(=N)N)C(=O)N[C@H](C(=O)NCC(N)=O)CSCC(=O)N[C@@H](Cc2ccccc2)C(=O)N(C)[C@@H](C)C(=O)N[C@@H](CC(N)=O)C(=O)N2CCC[C@H]2C(=O)N[C@@H](Cc2cnc[nH]2)C(=O)N[C@@H](CC(C)C)C(=O)N(C)CC(=O)N[C@@H](Cc2c[nH]c3ccccc23)C(=O)NC(C)(C)C(=O)N[C@@H](Cc2c[nH]c3ccccc23)C(=O)N1C. The fourth-order valence-electron chi connectivity index (χ4n) is 15.8. The molecule has 21 N–H and O–H groups in total. The molecule has 6 aromatic rings. The first-order chi connectivity index (χ1) is 62.7. The quantitative estimate of drug-likeness (QED) is 0.0191. The Morgan fingerprint density at radius 2 is 1.11 bits per heavy atom. The largest absolute Gasteiger partial charge is 0.370 e. The zero-order valence-corrected chi connectivity index (χ0v) is 77.5. The number of primary amides is 2. The van der Waals surface area contributed by atoms with E-state index in [1.807, 2.05) is 32.0 Å². The Hall–Kier alpha value is -13.4. The van der Waals surface area contributed by atoms with Crippen molar-refractivity contribution >= 4 is 140 Å². The molecule has 8 rings (SSSR count). The predicted octanol–water partition coefficient (Wildman–Crippen LogP) is -0.720. The number of aromatic nitrogens is 4. The van der Waals surface area contributed by atoms with Gasteiger partial charge in [-0.15, -0.1) is 11.8 Å². The third-order valence-corrected chi connectivity index (χ3v) is 24.4. The van der Waals surface area contributed by atoms with Crippen molar-refractivity contribution in [3.05, 3.63) is 126 Å². The highest BCUT2D eigenvalue weighted by Gasteiger charge is 2.45. The van der Waals surface area contributed by atoms with E-state index in [1.165, 1.54) is 71.3 Å². The molecular weight excluding hydrogens is 1720 g/mol. The smallest absolute Gasteiger partial charge is 0.246 e. The second-order valence-electron chi connectivity index (χ2n) is 34.5. The molecule has 41 nitrogen and oxygen atoms in total. The van der Waals surface area contributed by atoms with Gasteiger partial charge < -0.3 is 115 Å². The summed E-state index contributed by atoms with van der Waals surface area (Å²) in [5.41, 5.74) is 18.3. The van der Waals surface area contributed by atoms with Gasteiger partial charge in [0.25, 0.3) is 0 Å². The van der Waals surface area contributed by atoms with Crippen molar-refractivity contribution in [1.29, 1.82) is 5.41 Å². The lowest BCUT2D eigenvalue weighted by atomic mass is 9.97. The number of carbonyl (C=O) groups is 17. The molecule has 2 aliphatic rings. The number of imidazole rings is 1. The van der Waals surface area contributed by atoms with Gasteiger partial charge in [0.05, 0.1) is 31.6 Å². The Labute approximate surface area is 770 Å². The summed E-state index contributed by atoms with van der Waals surface area (Å²) >= 11 is 0.804. The second kappa shape index (κ2) is 49.5. The fourth-order valence-corrected chi connectivity index (χ4v) is 16.7. The molecule has 132 heavy (non-hydrogen) atoms. The molecule has 0 unspecified atom stereocenters. The van der Waals surface area contributed by atoms with E-state index in [-0.39, 0.29) is 89.6 Å². The summed E-state index contributed by atoms with van der Waals surface area (Å²) in [6.07, 6.45) is 6.48. The van der Waals surface area contributed by atoms with Crippen molar-refractivity contribution in [2.24, 2.45) is 23.1 Å². The number of carbonyl (C=O) groups excluding carboxylic acids is 17. The maximum atomic E-state index is 15.8. The number of thioether (sulfide) groups is 1. The van der Waals surface area contributed by atoms with Crippen LogP contribution in [0.25, 0.3) is 21.8 Å². The van der Waals surface area contributed by atoms with Crippen LogP contribution in [0.3, 0.4) is 0 Å². The van der Waals surface area contributed by atoms with Gasteiger partial charge in [-0.3, -0.25) is 86.9 Å². The van der Waals surface area contributed by atoms with Gasteiger partial charge in [-0.25, -0.2) is 4.98 Å². The van der Waals surface area contributed by atoms with Crippen LogP contribution in [0.5, 0.6) is 0 Å². The number of para-hydroxylation sites is 2. The summed E-state index contributed by atoms with van der Waals surface area (Å²) < 4.78 is 0. The molecule has 42 heteroatoms. The molecule has 3 aromatic carbocycles. The number of hydrogen-bond donors (Lipinski definition) is 18. The van der Waals surface area contributed by atoms with Gasteiger partial charge in [-0.1, -0.05) is 120 Å². The van der Waals surface area contributed by atoms with Crippen molar-refractivity contribution in [1.82, 2.24) is 103 Å². The van der Waals surface area contributed by atoms with E-state index < -0.39 is 215 Å². The minimum Gasteiger partial charge on any atom is -0.370 e. The van der Waals surface area contributed by atoms with Crippen LogP contribution < -0.4 is 75.7 Å². The average Bonchev–Trinajstić information content (AvgIpc) is 1.59. The first kappa shape index (κ1) is 104. The molecule has 2 fully saturated rings. The Bertz CT molecular complexity index is 5080. The van der Waals surface area contributed by atoms with E-state index in [9.17, 15) is 57.5 Å². The highest BCUT2D eigenvalue weighted by Crippen LogP contribution is 2.27. The minimum atomic E-state index is -1.92. The van der Waals surface area contributed by atoms with Gasteiger partial charge in [0.15, 0.2) is 5.96 Å². The van der Waals surface area contributed by atoms with Crippen LogP contribution in [0.4, 0.5) is 0 Å². The number of aromatic amines is 3. The van der Waals surface area contributed by atoms with Crippen LogP contribution in [0, 0.1) is 11.3 Å². The molecule has 12 atom stereocenters. The van der Waals surface area contributed by atoms with Gasteiger partial charge in [0.1, 0.15) is 78.0 Å². The number of nitrogens with one attached hydrogen (secondary N) is 15. The maximum absolute atomic E-state index is 15.8. The van der Waals surface area contributed by atoms with Crippen molar-refractivity contribution in [3.8, 4) is 0 Å². The number of nitrogens with zero attached hydrogens (tertiary/aromatic N) is 6. The van der Waals surface area contributed by atoms with Crippen molar-refractivity contribution in [2.45, 2.75) is 229 Å². The highest BCUT2D eigenvalue weighted by molar-refractivity contribution is 8.00. The van der Waals surface area contributed by atoms with Crippen molar-refractivity contribution in [2.75, 3.05) is 65.9 Å². The Balaban J connectivity index is 1.18. The van der Waals surface area contributed by atoms with Crippen molar-refractivity contribution in [3.63, 3.8) is 0 Å². The number of nitrogens with two attached hydrogens (primary N) is 3. The fraction of sp³-hybridized carbons (Fsp3) is 0.522. The molecule has 2 saturated heterocycles. The maximum Gasteiger partial charge on any atom is 0.246 e. The first-order valence-electron chi connectivity index (χ1n) is 44.4. The summed E-state index contributed by atoms with van der Waals surface area (Å²) in [5, 5.41) is 38.9. The normalized spacial score (nSPS) is 23.3. The van der Waals surface area contributed by atoms with Gasteiger partial charge in [-0.2, -0.15) is 0 Å². The van der Waals surface area contributed by atoms with Crippen LogP contribution in [-0.2, 0) is 107 Å². The lowest BCUT2D eigenvalue weighted by Crippen LogP contribution is -2.63. The zero-order valence-electron chi connectivity index (χ0n) is 76.6. The van der Waals surface area contributed by atoms with Gasteiger partial charge in [0, 0.05) is 119 Å². The van der Waals surface area contributed by atoms with E-state index in [2.05, 4.69) is 78.4 Å². The summed E-state index contributed by atoms with van der Waals surface area (Å²) in [6.45, 7) is 9.92. The Morgan fingerprint density at radius 3 is 1.72 bits per heavy atom. The van der Waals surface area contributed by atoms with Crippen LogP contribution in [-0.4, -0.2) is 295 Å². The Kier molecular flexibility index (Phi) is 39.0.